The Kier molecular flexibility index (Phi) is 5.54. The number of nitrogens with zero attached hydrogens (tertiary/aromatic N) is 1. The molecule has 1 heterocycles. The van der Waals surface area contributed by atoms with Gasteiger partial charge < -0.3 is 10.2 Å². The fourth-order valence-electron chi connectivity index (χ4n) is 2.52. The number of rotatable bonds is 4. The Balaban J connectivity index is 2.09. The quantitative estimate of drug-likeness (QED) is 0.820. The fourth-order valence-corrected chi connectivity index (χ4v) is 2.52. The highest BCUT2D eigenvalue weighted by Crippen LogP contribution is 2.20. The van der Waals surface area contributed by atoms with Gasteiger partial charge in [-0.3, -0.25) is 4.90 Å². The summed E-state index contributed by atoms with van der Waals surface area (Å²) >= 11 is 0. The Hall–Kier alpha value is -1.41. The SMILES string of the molecule is OCCC#Cc1cc(CN2CCCC2CO)ccc1F. The van der Waals surface area contributed by atoms with Crippen molar-refractivity contribution in [1.29, 1.82) is 0 Å². The third-order valence-electron chi connectivity index (χ3n) is 3.59. The molecule has 0 saturated carbocycles. The molecule has 20 heavy (non-hydrogen) atoms. The van der Waals surface area contributed by atoms with Crippen LogP contribution in [0.1, 0.15) is 30.4 Å². The van der Waals surface area contributed by atoms with Crippen LogP contribution in [-0.2, 0) is 6.54 Å². The lowest BCUT2D eigenvalue weighted by Crippen LogP contribution is -2.31. The largest absolute Gasteiger partial charge is 0.395 e. The zero-order valence-electron chi connectivity index (χ0n) is 11.5. The van der Waals surface area contributed by atoms with E-state index in [1.807, 2.05) is 0 Å². The van der Waals surface area contributed by atoms with Crippen molar-refractivity contribution >= 4 is 0 Å². The molecule has 1 atom stereocenters. The summed E-state index contributed by atoms with van der Waals surface area (Å²) in [5.74, 6) is 5.16. The maximum Gasteiger partial charge on any atom is 0.138 e. The molecule has 0 amide bonds. The molecule has 2 N–H and O–H groups in total. The Bertz CT molecular complexity index is 507. The summed E-state index contributed by atoms with van der Waals surface area (Å²) in [5.41, 5.74) is 1.37. The van der Waals surface area contributed by atoms with Gasteiger partial charge in [0.2, 0.25) is 0 Å². The van der Waals surface area contributed by atoms with E-state index in [0.717, 1.165) is 24.9 Å². The molecule has 0 aliphatic carbocycles. The molecule has 1 aromatic carbocycles. The van der Waals surface area contributed by atoms with Crippen molar-refractivity contribution in [2.24, 2.45) is 0 Å². The Morgan fingerprint density at radius 3 is 2.95 bits per heavy atom. The molecule has 0 spiro atoms. The molecule has 3 nitrogen and oxygen atoms in total. The lowest BCUT2D eigenvalue weighted by molar-refractivity contribution is 0.153. The highest BCUT2D eigenvalue weighted by molar-refractivity contribution is 5.38. The summed E-state index contributed by atoms with van der Waals surface area (Å²) in [5, 5.41) is 18.0. The van der Waals surface area contributed by atoms with Gasteiger partial charge in [0.25, 0.3) is 0 Å². The van der Waals surface area contributed by atoms with Crippen LogP contribution in [0.4, 0.5) is 4.39 Å². The number of aliphatic hydroxyl groups is 2. The van der Waals surface area contributed by atoms with E-state index in [-0.39, 0.29) is 25.1 Å². The third-order valence-corrected chi connectivity index (χ3v) is 3.59. The van der Waals surface area contributed by atoms with Crippen molar-refractivity contribution in [3.63, 3.8) is 0 Å². The molecule has 1 aliphatic rings. The Morgan fingerprint density at radius 1 is 1.35 bits per heavy atom. The van der Waals surface area contributed by atoms with Crippen LogP contribution in [0.3, 0.4) is 0 Å². The molecular formula is C16H20FNO2. The van der Waals surface area contributed by atoms with E-state index in [1.165, 1.54) is 6.07 Å². The van der Waals surface area contributed by atoms with Gasteiger partial charge in [0.1, 0.15) is 5.82 Å². The fraction of sp³-hybridized carbons (Fsp3) is 0.500. The van der Waals surface area contributed by atoms with Gasteiger partial charge in [0.15, 0.2) is 0 Å². The molecule has 0 bridgehead atoms. The molecule has 0 radical (unpaired) electrons. The van der Waals surface area contributed by atoms with Crippen molar-refractivity contribution in [3.05, 3.63) is 35.1 Å². The van der Waals surface area contributed by atoms with Crippen LogP contribution in [0.2, 0.25) is 0 Å². The summed E-state index contributed by atoms with van der Waals surface area (Å²) in [6.07, 6.45) is 2.46. The van der Waals surface area contributed by atoms with Crippen molar-refractivity contribution in [3.8, 4) is 11.8 Å². The summed E-state index contributed by atoms with van der Waals surface area (Å²) in [7, 11) is 0. The number of likely N-dealkylation sites (tertiary alicyclic amines) is 1. The second-order valence-electron chi connectivity index (χ2n) is 5.04. The highest BCUT2D eigenvalue weighted by Gasteiger charge is 2.23. The maximum absolute atomic E-state index is 13.6. The zero-order chi connectivity index (χ0) is 14.4. The molecule has 1 saturated heterocycles. The van der Waals surface area contributed by atoms with Crippen LogP contribution in [0.15, 0.2) is 18.2 Å². The normalized spacial score (nSPS) is 18.9. The minimum absolute atomic E-state index is 0.0136. The van der Waals surface area contributed by atoms with E-state index in [2.05, 4.69) is 16.7 Å². The second kappa shape index (κ2) is 7.39. The first-order chi connectivity index (χ1) is 9.74. The van der Waals surface area contributed by atoms with Crippen LogP contribution < -0.4 is 0 Å². The van der Waals surface area contributed by atoms with Crippen molar-refractivity contribution < 1.29 is 14.6 Å². The van der Waals surface area contributed by atoms with Crippen LogP contribution in [0.5, 0.6) is 0 Å². The Labute approximate surface area is 119 Å². The van der Waals surface area contributed by atoms with Crippen LogP contribution >= 0.6 is 0 Å². The van der Waals surface area contributed by atoms with Crippen LogP contribution in [0, 0.1) is 17.7 Å². The van der Waals surface area contributed by atoms with E-state index >= 15 is 0 Å². The zero-order valence-corrected chi connectivity index (χ0v) is 11.5. The molecule has 4 heteroatoms. The summed E-state index contributed by atoms with van der Waals surface area (Å²) in [6.45, 7) is 1.83. The van der Waals surface area contributed by atoms with E-state index in [9.17, 15) is 9.50 Å². The second-order valence-corrected chi connectivity index (χ2v) is 5.04. The first-order valence-corrected chi connectivity index (χ1v) is 6.97. The van der Waals surface area contributed by atoms with Gasteiger partial charge in [0, 0.05) is 19.0 Å². The molecule has 108 valence electrons. The standard InChI is InChI=1S/C16H20FNO2/c17-16-7-6-13(10-14(16)4-1-2-9-19)11-18-8-3-5-15(18)12-20/h6-7,10,15,19-20H,2-3,5,8-9,11-12H2. The van der Waals surface area contributed by atoms with E-state index < -0.39 is 0 Å². The van der Waals surface area contributed by atoms with Gasteiger partial charge in [-0.15, -0.1) is 0 Å². The number of halogens is 1. The lowest BCUT2D eigenvalue weighted by atomic mass is 10.1. The van der Waals surface area contributed by atoms with Crippen LogP contribution in [0.25, 0.3) is 0 Å². The third kappa shape index (κ3) is 3.80. The highest BCUT2D eigenvalue weighted by atomic mass is 19.1. The predicted molar refractivity (Wildman–Crippen MR) is 75.5 cm³/mol. The molecule has 1 fully saturated rings. The number of benzene rings is 1. The van der Waals surface area contributed by atoms with E-state index in [0.29, 0.717) is 18.5 Å². The molecule has 1 unspecified atom stereocenters. The van der Waals surface area contributed by atoms with Crippen molar-refractivity contribution in [1.82, 2.24) is 4.90 Å². The molecule has 2 rings (SSSR count). The Morgan fingerprint density at radius 2 is 2.20 bits per heavy atom. The molecule has 0 aromatic heterocycles. The topological polar surface area (TPSA) is 43.7 Å². The predicted octanol–water partition coefficient (Wildman–Crippen LogP) is 1.52. The number of aliphatic hydroxyl groups excluding tert-OH is 2. The maximum atomic E-state index is 13.6. The van der Waals surface area contributed by atoms with Crippen molar-refractivity contribution in [2.45, 2.75) is 31.8 Å². The monoisotopic (exact) mass is 277 g/mol. The molecular weight excluding hydrogens is 257 g/mol. The summed E-state index contributed by atoms with van der Waals surface area (Å²) in [4.78, 5) is 2.22. The van der Waals surface area contributed by atoms with Gasteiger partial charge >= 0.3 is 0 Å². The van der Waals surface area contributed by atoms with Gasteiger partial charge in [-0.05, 0) is 37.1 Å². The average molecular weight is 277 g/mol. The molecule has 1 aromatic rings. The first-order valence-electron chi connectivity index (χ1n) is 6.97. The van der Waals surface area contributed by atoms with Gasteiger partial charge in [-0.25, -0.2) is 4.39 Å². The minimum Gasteiger partial charge on any atom is -0.395 e. The van der Waals surface area contributed by atoms with Gasteiger partial charge in [-0.1, -0.05) is 17.9 Å². The average Bonchev–Trinajstić information content (AvgIpc) is 2.89. The number of hydrogen-bond donors (Lipinski definition) is 2. The van der Waals surface area contributed by atoms with Gasteiger partial charge in [0.05, 0.1) is 18.8 Å². The number of hydrogen-bond acceptors (Lipinski definition) is 3. The van der Waals surface area contributed by atoms with E-state index in [4.69, 9.17) is 5.11 Å². The van der Waals surface area contributed by atoms with Crippen LogP contribution in [-0.4, -0.2) is 40.9 Å². The van der Waals surface area contributed by atoms with E-state index in [1.54, 1.807) is 12.1 Å². The summed E-state index contributed by atoms with van der Waals surface area (Å²) < 4.78 is 13.6. The first kappa shape index (κ1) is 15.0. The van der Waals surface area contributed by atoms with Gasteiger partial charge in [-0.2, -0.15) is 0 Å². The minimum atomic E-state index is -0.334. The summed E-state index contributed by atoms with van der Waals surface area (Å²) in [6, 6.07) is 5.16. The van der Waals surface area contributed by atoms with Crippen molar-refractivity contribution in [2.75, 3.05) is 19.8 Å². The smallest absolute Gasteiger partial charge is 0.138 e. The molecule has 1 aliphatic heterocycles. The lowest BCUT2D eigenvalue weighted by Gasteiger charge is -2.22.